The van der Waals surface area contributed by atoms with E-state index in [1.807, 2.05) is 0 Å². The number of carboxylic acids is 1. The van der Waals surface area contributed by atoms with Crippen LogP contribution in [0.3, 0.4) is 0 Å². The van der Waals surface area contributed by atoms with Gasteiger partial charge in [-0.1, -0.05) is 6.92 Å². The van der Waals surface area contributed by atoms with Gasteiger partial charge in [-0.05, 0) is 19.4 Å². The van der Waals surface area contributed by atoms with Gasteiger partial charge in [0.1, 0.15) is 6.04 Å². The van der Waals surface area contributed by atoms with E-state index in [1.54, 1.807) is 0 Å². The molecule has 7 heteroatoms. The second-order valence-electron chi connectivity index (χ2n) is 4.92. The predicted octanol–water partition coefficient (Wildman–Crippen LogP) is 0.640. The molecule has 19 heavy (non-hydrogen) atoms. The largest absolute Gasteiger partial charge is 0.480 e. The maximum Gasteiger partial charge on any atom is 0.327 e. The Morgan fingerprint density at radius 2 is 2.21 bits per heavy atom. The first kappa shape index (κ1) is 14.5. The summed E-state index contributed by atoms with van der Waals surface area (Å²) in [7, 11) is 0. The van der Waals surface area contributed by atoms with Gasteiger partial charge >= 0.3 is 12.0 Å². The van der Waals surface area contributed by atoms with Crippen molar-refractivity contribution >= 4 is 23.8 Å². The van der Waals surface area contributed by atoms with Gasteiger partial charge in [0.15, 0.2) is 0 Å². The minimum atomic E-state index is -0.923. The first-order valence-corrected chi connectivity index (χ1v) is 7.88. The molecule has 0 bridgehead atoms. The number of rotatable bonds is 6. The molecule has 2 fully saturated rings. The molecule has 1 atom stereocenters. The summed E-state index contributed by atoms with van der Waals surface area (Å²) in [5.74, 6) is 0.0165. The fourth-order valence-corrected chi connectivity index (χ4v) is 3.44. The van der Waals surface area contributed by atoms with E-state index in [0.717, 1.165) is 13.1 Å². The molecule has 0 aromatic carbocycles. The van der Waals surface area contributed by atoms with E-state index in [1.165, 1.54) is 29.5 Å². The average Bonchev–Trinajstić information content (AvgIpc) is 3.09. The van der Waals surface area contributed by atoms with Crippen molar-refractivity contribution in [3.63, 3.8) is 0 Å². The van der Waals surface area contributed by atoms with Gasteiger partial charge < -0.3 is 15.3 Å². The number of hydrogen-bond donors (Lipinski definition) is 2. The number of aliphatic carboxylic acids is 1. The second-order valence-corrected chi connectivity index (χ2v) is 5.92. The Hall–Kier alpha value is -0.950. The summed E-state index contributed by atoms with van der Waals surface area (Å²) in [5, 5.41) is 11.8. The molecule has 2 aliphatic rings. The number of carbonyl (C=O) groups is 2. The number of nitrogens with one attached hydrogen (secondary N) is 1. The first-order chi connectivity index (χ1) is 9.13. The Morgan fingerprint density at radius 3 is 2.79 bits per heavy atom. The highest BCUT2D eigenvalue weighted by atomic mass is 32.2. The maximum absolute atomic E-state index is 11.9. The number of urea groups is 1. The molecule has 108 valence electrons. The summed E-state index contributed by atoms with van der Waals surface area (Å²) in [5.41, 5.74) is 0. The smallest absolute Gasteiger partial charge is 0.327 e. The minimum Gasteiger partial charge on any atom is -0.480 e. The molecule has 1 aliphatic heterocycles. The fourth-order valence-electron chi connectivity index (χ4n) is 2.29. The third kappa shape index (κ3) is 3.76. The van der Waals surface area contributed by atoms with E-state index in [9.17, 15) is 9.59 Å². The van der Waals surface area contributed by atoms with Gasteiger partial charge in [0.25, 0.3) is 0 Å². The highest BCUT2D eigenvalue weighted by Crippen LogP contribution is 2.26. The van der Waals surface area contributed by atoms with Crippen LogP contribution in [-0.4, -0.2) is 70.3 Å². The fraction of sp³-hybridized carbons (Fsp3) is 0.833. The van der Waals surface area contributed by atoms with Gasteiger partial charge in [-0.3, -0.25) is 4.90 Å². The first-order valence-electron chi connectivity index (χ1n) is 6.72. The Bertz CT molecular complexity index is 349. The standard InChI is InChI=1S/C12H21N3O3S/c1-2-14(9-3-4-9)6-5-13-12(18)15-8-19-7-10(15)11(16)17/h9-10H,2-8H2,1H3,(H,13,18)(H,16,17). The Kier molecular flexibility index (Phi) is 4.93. The summed E-state index contributed by atoms with van der Waals surface area (Å²) in [6, 6.07) is -0.254. The van der Waals surface area contributed by atoms with Crippen LogP contribution in [-0.2, 0) is 4.79 Å². The van der Waals surface area contributed by atoms with Gasteiger partial charge in [0.05, 0.1) is 5.88 Å². The molecular weight excluding hydrogens is 266 g/mol. The second kappa shape index (κ2) is 6.47. The van der Waals surface area contributed by atoms with Gasteiger partial charge in [-0.15, -0.1) is 11.8 Å². The lowest BCUT2D eigenvalue weighted by molar-refractivity contribution is -0.140. The van der Waals surface area contributed by atoms with Crippen molar-refractivity contribution in [3.8, 4) is 0 Å². The van der Waals surface area contributed by atoms with E-state index in [-0.39, 0.29) is 6.03 Å². The third-order valence-corrected chi connectivity index (χ3v) is 4.59. The van der Waals surface area contributed by atoms with Crippen molar-refractivity contribution in [2.45, 2.75) is 31.8 Å². The molecule has 1 saturated carbocycles. The number of carbonyl (C=O) groups excluding carboxylic acids is 1. The Labute approximate surface area is 117 Å². The Morgan fingerprint density at radius 1 is 1.47 bits per heavy atom. The van der Waals surface area contributed by atoms with Crippen LogP contribution in [0.15, 0.2) is 0 Å². The van der Waals surface area contributed by atoms with E-state index in [4.69, 9.17) is 5.11 Å². The van der Waals surface area contributed by atoms with E-state index in [0.29, 0.717) is 24.2 Å². The van der Waals surface area contributed by atoms with Crippen LogP contribution < -0.4 is 5.32 Å². The van der Waals surface area contributed by atoms with Gasteiger partial charge in [-0.2, -0.15) is 0 Å². The predicted molar refractivity (Wildman–Crippen MR) is 74.3 cm³/mol. The van der Waals surface area contributed by atoms with Crippen LogP contribution in [0.4, 0.5) is 4.79 Å². The molecule has 1 aliphatic carbocycles. The zero-order valence-electron chi connectivity index (χ0n) is 11.2. The number of amides is 2. The zero-order valence-corrected chi connectivity index (χ0v) is 12.0. The SMILES string of the molecule is CCN(CCNC(=O)N1CSCC1C(=O)O)C1CC1. The van der Waals surface area contributed by atoms with Crippen LogP contribution >= 0.6 is 11.8 Å². The number of nitrogens with zero attached hydrogens (tertiary/aromatic N) is 2. The molecule has 1 heterocycles. The molecule has 1 unspecified atom stereocenters. The molecule has 2 rings (SSSR count). The van der Waals surface area contributed by atoms with Crippen molar-refractivity contribution < 1.29 is 14.7 Å². The molecule has 6 nitrogen and oxygen atoms in total. The van der Waals surface area contributed by atoms with Crippen molar-refractivity contribution in [2.24, 2.45) is 0 Å². The van der Waals surface area contributed by atoms with E-state index >= 15 is 0 Å². The Balaban J connectivity index is 1.73. The monoisotopic (exact) mass is 287 g/mol. The molecule has 0 aromatic heterocycles. The van der Waals surface area contributed by atoms with Crippen molar-refractivity contribution in [2.75, 3.05) is 31.3 Å². The van der Waals surface area contributed by atoms with Crippen LogP contribution in [0.5, 0.6) is 0 Å². The van der Waals surface area contributed by atoms with Crippen LogP contribution in [0, 0.1) is 0 Å². The molecule has 2 N–H and O–H groups in total. The normalized spacial score (nSPS) is 22.8. The number of likely N-dealkylation sites (N-methyl/N-ethyl adjacent to an activating group) is 1. The van der Waals surface area contributed by atoms with Gasteiger partial charge in [0, 0.05) is 24.9 Å². The number of thioether (sulfide) groups is 1. The van der Waals surface area contributed by atoms with Crippen LogP contribution in [0.1, 0.15) is 19.8 Å². The quantitative estimate of drug-likeness (QED) is 0.750. The van der Waals surface area contributed by atoms with Crippen LogP contribution in [0.2, 0.25) is 0 Å². The average molecular weight is 287 g/mol. The van der Waals surface area contributed by atoms with Crippen molar-refractivity contribution in [3.05, 3.63) is 0 Å². The lowest BCUT2D eigenvalue weighted by atomic mass is 10.3. The number of hydrogen-bond acceptors (Lipinski definition) is 4. The molecule has 1 saturated heterocycles. The summed E-state index contributed by atoms with van der Waals surface area (Å²) in [6.45, 7) is 4.54. The summed E-state index contributed by atoms with van der Waals surface area (Å²) < 4.78 is 0. The maximum atomic E-state index is 11.9. The molecule has 2 amide bonds. The van der Waals surface area contributed by atoms with Crippen molar-refractivity contribution in [1.29, 1.82) is 0 Å². The highest BCUT2D eigenvalue weighted by Gasteiger charge is 2.34. The third-order valence-electron chi connectivity index (χ3n) is 3.57. The lowest BCUT2D eigenvalue weighted by Gasteiger charge is -2.23. The zero-order chi connectivity index (χ0) is 13.8. The number of carboxylic acid groups (broad SMARTS) is 1. The molecule has 0 spiro atoms. The molecular formula is C12H21N3O3S. The van der Waals surface area contributed by atoms with Gasteiger partial charge in [0.2, 0.25) is 0 Å². The summed E-state index contributed by atoms with van der Waals surface area (Å²) in [4.78, 5) is 26.7. The van der Waals surface area contributed by atoms with E-state index in [2.05, 4.69) is 17.1 Å². The van der Waals surface area contributed by atoms with Crippen LogP contribution in [0.25, 0.3) is 0 Å². The summed E-state index contributed by atoms with van der Waals surface area (Å²) in [6.07, 6.45) is 2.51. The minimum absolute atomic E-state index is 0.260. The lowest BCUT2D eigenvalue weighted by Crippen LogP contribution is -2.48. The summed E-state index contributed by atoms with van der Waals surface area (Å²) >= 11 is 1.48. The van der Waals surface area contributed by atoms with E-state index < -0.39 is 12.0 Å². The topological polar surface area (TPSA) is 72.9 Å². The highest BCUT2D eigenvalue weighted by molar-refractivity contribution is 7.99. The van der Waals surface area contributed by atoms with Gasteiger partial charge in [-0.25, -0.2) is 9.59 Å². The molecule has 0 aromatic rings. The van der Waals surface area contributed by atoms with Crippen molar-refractivity contribution in [1.82, 2.24) is 15.1 Å². The molecule has 0 radical (unpaired) electrons.